The van der Waals surface area contributed by atoms with E-state index in [0.717, 1.165) is 0 Å². The third-order valence-electron chi connectivity index (χ3n) is 2.47. The fourth-order valence-electron chi connectivity index (χ4n) is 1.40. The molecule has 0 aliphatic heterocycles. The van der Waals surface area contributed by atoms with Crippen molar-refractivity contribution in [2.45, 2.75) is 19.9 Å². The minimum atomic E-state index is -0.840. The molecule has 0 heterocycles. The predicted octanol–water partition coefficient (Wildman–Crippen LogP) is 0.213. The van der Waals surface area contributed by atoms with Crippen LogP contribution in [-0.4, -0.2) is 43.8 Å². The van der Waals surface area contributed by atoms with Gasteiger partial charge in [-0.15, -0.1) is 0 Å². The van der Waals surface area contributed by atoms with Crippen molar-refractivity contribution < 1.29 is 23.9 Å². The largest absolute Gasteiger partial charge is 0.482 e. The molecule has 0 fully saturated rings. The number of esters is 1. The van der Waals surface area contributed by atoms with Gasteiger partial charge in [-0.05, 0) is 43.7 Å². The van der Waals surface area contributed by atoms with Gasteiger partial charge in [-0.25, -0.2) is 10.2 Å². The van der Waals surface area contributed by atoms with E-state index in [1.807, 2.05) is 0 Å². The highest BCUT2D eigenvalue weighted by molar-refractivity contribution is 6.35. The molecule has 1 rings (SSSR count). The van der Waals surface area contributed by atoms with E-state index in [1.165, 1.54) is 13.3 Å². The van der Waals surface area contributed by atoms with Gasteiger partial charge in [0.2, 0.25) is 0 Å². The summed E-state index contributed by atoms with van der Waals surface area (Å²) >= 11 is 0. The van der Waals surface area contributed by atoms with Gasteiger partial charge in [0.25, 0.3) is 0 Å². The Bertz CT molecular complexity index is 581. The number of carbonyl (C=O) groups excluding carboxylic acids is 3. The first-order chi connectivity index (χ1) is 10.9. The monoisotopic (exact) mass is 321 g/mol. The van der Waals surface area contributed by atoms with E-state index >= 15 is 0 Å². The summed E-state index contributed by atoms with van der Waals surface area (Å²) in [5.41, 5.74) is 2.81. The maximum Gasteiger partial charge on any atom is 0.343 e. The lowest BCUT2D eigenvalue weighted by molar-refractivity contribution is -0.142. The van der Waals surface area contributed by atoms with E-state index in [4.69, 9.17) is 4.74 Å². The molecule has 124 valence electrons. The molecule has 2 amide bonds. The van der Waals surface area contributed by atoms with Crippen LogP contribution in [0.15, 0.2) is 29.4 Å². The molecule has 0 aromatic heterocycles. The Morgan fingerprint density at radius 2 is 1.83 bits per heavy atom. The summed E-state index contributed by atoms with van der Waals surface area (Å²) in [6.45, 7) is 3.32. The first kappa shape index (κ1) is 18.1. The Kier molecular flexibility index (Phi) is 7.25. The predicted molar refractivity (Wildman–Crippen MR) is 83.0 cm³/mol. The van der Waals surface area contributed by atoms with Crippen molar-refractivity contribution in [2.24, 2.45) is 5.10 Å². The van der Waals surface area contributed by atoms with Crippen LogP contribution >= 0.6 is 0 Å². The smallest absolute Gasteiger partial charge is 0.343 e. The lowest BCUT2D eigenvalue weighted by Gasteiger charge is -2.06. The van der Waals surface area contributed by atoms with E-state index in [2.05, 4.69) is 20.6 Å². The molecule has 0 spiro atoms. The van der Waals surface area contributed by atoms with Gasteiger partial charge in [0.15, 0.2) is 6.61 Å². The van der Waals surface area contributed by atoms with E-state index in [1.54, 1.807) is 38.1 Å². The van der Waals surface area contributed by atoms with Gasteiger partial charge in [-0.2, -0.15) is 5.10 Å². The number of amides is 2. The molecular formula is C15H19N3O5. The Labute approximate surface area is 133 Å². The summed E-state index contributed by atoms with van der Waals surface area (Å²) < 4.78 is 9.64. The average Bonchev–Trinajstić information content (AvgIpc) is 2.52. The third kappa shape index (κ3) is 7.07. The van der Waals surface area contributed by atoms with Gasteiger partial charge >= 0.3 is 17.8 Å². The summed E-state index contributed by atoms with van der Waals surface area (Å²) in [5, 5.41) is 6.13. The molecule has 8 nitrogen and oxygen atoms in total. The lowest BCUT2D eigenvalue weighted by atomic mass is 10.2. The normalized spacial score (nSPS) is 10.4. The second kappa shape index (κ2) is 9.19. The minimum Gasteiger partial charge on any atom is -0.482 e. The van der Waals surface area contributed by atoms with E-state index in [9.17, 15) is 14.4 Å². The van der Waals surface area contributed by atoms with Crippen molar-refractivity contribution in [2.75, 3.05) is 13.7 Å². The van der Waals surface area contributed by atoms with Crippen molar-refractivity contribution in [3.05, 3.63) is 29.8 Å². The fraction of sp³-hybridized carbons (Fsp3) is 0.333. The van der Waals surface area contributed by atoms with Gasteiger partial charge in [0.05, 0.1) is 13.3 Å². The van der Waals surface area contributed by atoms with Crippen LogP contribution in [0.3, 0.4) is 0 Å². The molecule has 8 heteroatoms. The quantitative estimate of drug-likeness (QED) is 0.337. The van der Waals surface area contributed by atoms with Crippen LogP contribution in [-0.2, 0) is 19.1 Å². The Balaban J connectivity index is 2.47. The maximum absolute atomic E-state index is 11.4. The molecule has 23 heavy (non-hydrogen) atoms. The molecule has 1 aromatic rings. The van der Waals surface area contributed by atoms with Crippen molar-refractivity contribution in [1.82, 2.24) is 10.7 Å². The number of methoxy groups -OCH3 is 1. The number of nitrogens with one attached hydrogen (secondary N) is 2. The molecular weight excluding hydrogens is 302 g/mol. The minimum absolute atomic E-state index is 0.130. The number of hydrazone groups is 1. The molecule has 2 N–H and O–H groups in total. The summed E-state index contributed by atoms with van der Waals surface area (Å²) in [6, 6.07) is 6.50. The Hall–Kier alpha value is -2.90. The SMILES string of the molecule is COC(=O)COc1ccc(/C=N\NC(=O)C(=O)NC(C)C)cc1. The first-order valence-corrected chi connectivity index (χ1v) is 6.86. The second-order valence-electron chi connectivity index (χ2n) is 4.76. The fourth-order valence-corrected chi connectivity index (χ4v) is 1.40. The second-order valence-corrected chi connectivity index (χ2v) is 4.76. The number of rotatable bonds is 6. The molecule has 0 unspecified atom stereocenters. The molecule has 0 aliphatic rings. The van der Waals surface area contributed by atoms with Crippen molar-refractivity contribution in [1.29, 1.82) is 0 Å². The molecule has 0 aliphatic carbocycles. The highest BCUT2D eigenvalue weighted by Crippen LogP contribution is 2.10. The number of ether oxygens (including phenoxy) is 2. The third-order valence-corrected chi connectivity index (χ3v) is 2.47. The number of hydrogen-bond acceptors (Lipinski definition) is 6. The van der Waals surface area contributed by atoms with Crippen LogP contribution < -0.4 is 15.5 Å². The molecule has 0 saturated carbocycles. The molecule has 0 atom stereocenters. The van der Waals surface area contributed by atoms with Crippen molar-refractivity contribution >= 4 is 24.0 Å². The standard InChI is InChI=1S/C15H19N3O5/c1-10(2)17-14(20)15(21)18-16-8-11-4-6-12(7-5-11)23-9-13(19)22-3/h4-8,10H,9H2,1-3H3,(H,17,20)(H,18,21)/b16-8-. The Morgan fingerprint density at radius 1 is 1.17 bits per heavy atom. The van der Waals surface area contributed by atoms with E-state index in [-0.39, 0.29) is 12.6 Å². The molecule has 0 saturated heterocycles. The Morgan fingerprint density at radius 3 is 2.39 bits per heavy atom. The summed E-state index contributed by atoms with van der Waals surface area (Å²) in [5.74, 6) is -1.57. The highest BCUT2D eigenvalue weighted by atomic mass is 16.6. The maximum atomic E-state index is 11.4. The average molecular weight is 321 g/mol. The molecule has 0 bridgehead atoms. The summed E-state index contributed by atoms with van der Waals surface area (Å²) in [7, 11) is 1.28. The van der Waals surface area contributed by atoms with Gasteiger partial charge in [0.1, 0.15) is 5.75 Å². The van der Waals surface area contributed by atoms with Crippen LogP contribution in [0.4, 0.5) is 0 Å². The zero-order valence-electron chi connectivity index (χ0n) is 13.2. The van der Waals surface area contributed by atoms with E-state index in [0.29, 0.717) is 11.3 Å². The van der Waals surface area contributed by atoms with Crippen LogP contribution in [0.2, 0.25) is 0 Å². The highest BCUT2D eigenvalue weighted by Gasteiger charge is 2.12. The molecule has 1 aromatic carbocycles. The van der Waals surface area contributed by atoms with Gasteiger partial charge in [-0.1, -0.05) is 0 Å². The van der Waals surface area contributed by atoms with Gasteiger partial charge in [-0.3, -0.25) is 9.59 Å². The van der Waals surface area contributed by atoms with Crippen molar-refractivity contribution in [3.8, 4) is 5.75 Å². The summed E-state index contributed by atoms with van der Waals surface area (Å²) in [4.78, 5) is 33.7. The van der Waals surface area contributed by atoms with Gasteiger partial charge in [0, 0.05) is 6.04 Å². The topological polar surface area (TPSA) is 106 Å². The van der Waals surface area contributed by atoms with E-state index < -0.39 is 17.8 Å². The van der Waals surface area contributed by atoms with Crippen LogP contribution in [0.25, 0.3) is 0 Å². The number of nitrogens with zero attached hydrogens (tertiary/aromatic N) is 1. The number of hydrogen-bond donors (Lipinski definition) is 2. The first-order valence-electron chi connectivity index (χ1n) is 6.86. The summed E-state index contributed by atoms with van der Waals surface area (Å²) in [6.07, 6.45) is 1.38. The molecule has 0 radical (unpaired) electrons. The zero-order valence-corrected chi connectivity index (χ0v) is 13.2. The lowest BCUT2D eigenvalue weighted by Crippen LogP contribution is -2.41. The number of benzene rings is 1. The van der Waals surface area contributed by atoms with Crippen LogP contribution in [0.1, 0.15) is 19.4 Å². The number of carbonyl (C=O) groups is 3. The van der Waals surface area contributed by atoms with Crippen LogP contribution in [0.5, 0.6) is 5.75 Å². The zero-order chi connectivity index (χ0) is 17.2. The van der Waals surface area contributed by atoms with Crippen LogP contribution in [0, 0.1) is 0 Å². The van der Waals surface area contributed by atoms with Crippen molar-refractivity contribution in [3.63, 3.8) is 0 Å². The van der Waals surface area contributed by atoms with Gasteiger partial charge < -0.3 is 14.8 Å².